The number of aromatic nitrogens is 4. The van der Waals surface area contributed by atoms with Crippen molar-refractivity contribution in [2.75, 3.05) is 5.32 Å². The second-order valence-corrected chi connectivity index (χ2v) is 9.83. The summed E-state index contributed by atoms with van der Waals surface area (Å²) in [5.74, 6) is 0.363. The number of halogens is 3. The van der Waals surface area contributed by atoms with E-state index in [1.807, 2.05) is 39.0 Å². The monoisotopic (exact) mass is 479 g/mol. The van der Waals surface area contributed by atoms with Crippen LogP contribution in [0.25, 0.3) is 28.2 Å². The van der Waals surface area contributed by atoms with Gasteiger partial charge in [-0.25, -0.2) is 9.50 Å². The number of nitrogens with zero attached hydrogens (tertiary/aromatic N) is 4. The fourth-order valence-corrected chi connectivity index (χ4v) is 3.89. The van der Waals surface area contributed by atoms with Crippen molar-refractivity contribution in [3.05, 3.63) is 66.1 Å². The molecule has 6 nitrogen and oxygen atoms in total. The Hall–Kier alpha value is -3.75. The van der Waals surface area contributed by atoms with Crippen LogP contribution in [-0.2, 0) is 11.0 Å². The maximum Gasteiger partial charge on any atom is 0.434 e. The molecule has 180 valence electrons. The summed E-state index contributed by atoms with van der Waals surface area (Å²) in [6.45, 7) is 5.59. The Morgan fingerprint density at radius 2 is 1.83 bits per heavy atom. The molecule has 1 amide bonds. The first-order chi connectivity index (χ1) is 16.5. The van der Waals surface area contributed by atoms with Crippen LogP contribution in [0, 0.1) is 5.41 Å². The van der Waals surface area contributed by atoms with E-state index in [0.29, 0.717) is 17.3 Å². The topological polar surface area (TPSA) is 72.2 Å². The molecule has 3 heterocycles. The molecule has 0 aliphatic heterocycles. The van der Waals surface area contributed by atoms with Crippen molar-refractivity contribution in [2.45, 2.75) is 45.7 Å². The third-order valence-electron chi connectivity index (χ3n) is 5.97. The van der Waals surface area contributed by atoms with E-state index in [-0.39, 0.29) is 17.2 Å². The van der Waals surface area contributed by atoms with Gasteiger partial charge in [0.2, 0.25) is 5.91 Å². The first-order valence-electron chi connectivity index (χ1n) is 11.4. The summed E-state index contributed by atoms with van der Waals surface area (Å²) in [5, 5.41) is 7.43. The molecule has 1 fully saturated rings. The van der Waals surface area contributed by atoms with Crippen molar-refractivity contribution in [3.63, 3.8) is 0 Å². The van der Waals surface area contributed by atoms with Gasteiger partial charge in [-0.3, -0.25) is 9.78 Å². The average molecular weight is 480 g/mol. The Bertz CT molecular complexity index is 1430. The second-order valence-electron chi connectivity index (χ2n) is 9.83. The summed E-state index contributed by atoms with van der Waals surface area (Å²) in [4.78, 5) is 20.8. The van der Waals surface area contributed by atoms with Gasteiger partial charge in [0.25, 0.3) is 0 Å². The molecule has 1 aliphatic rings. The van der Waals surface area contributed by atoms with Gasteiger partial charge in [0.1, 0.15) is 0 Å². The van der Waals surface area contributed by atoms with Gasteiger partial charge in [-0.15, -0.1) is 0 Å². The van der Waals surface area contributed by atoms with E-state index in [2.05, 4.69) is 20.4 Å². The number of pyridine rings is 1. The molecule has 1 saturated carbocycles. The number of alkyl halides is 3. The molecule has 35 heavy (non-hydrogen) atoms. The number of anilines is 1. The number of carbonyl (C=O) groups excluding carboxylic acids is 1. The van der Waals surface area contributed by atoms with E-state index >= 15 is 0 Å². The summed E-state index contributed by atoms with van der Waals surface area (Å²) in [6, 6.07) is 11.8. The van der Waals surface area contributed by atoms with Crippen LogP contribution in [-0.4, -0.2) is 25.5 Å². The van der Waals surface area contributed by atoms with Crippen LogP contribution in [0.4, 0.5) is 18.9 Å². The SMILES string of the molecule is CC(C)(C)C(=O)Nc1cc(-c2cn3nc(-c4cccnc4C(F)(F)F)ccc3n2)ccc1C1CC1. The molecular formula is C26H24F3N5O. The molecule has 9 heteroatoms. The van der Waals surface area contributed by atoms with Crippen LogP contribution in [0.2, 0.25) is 0 Å². The van der Waals surface area contributed by atoms with Crippen molar-refractivity contribution in [1.82, 2.24) is 19.6 Å². The maximum absolute atomic E-state index is 13.4. The van der Waals surface area contributed by atoms with Crippen LogP contribution >= 0.6 is 0 Å². The molecule has 0 saturated heterocycles. The first-order valence-corrected chi connectivity index (χ1v) is 11.4. The average Bonchev–Trinajstić information content (AvgIpc) is 3.55. The molecule has 0 radical (unpaired) electrons. The summed E-state index contributed by atoms with van der Waals surface area (Å²) < 4.78 is 41.7. The zero-order valence-electron chi connectivity index (χ0n) is 19.5. The number of rotatable bonds is 4. The minimum absolute atomic E-state index is 0.0743. The highest BCUT2D eigenvalue weighted by molar-refractivity contribution is 5.96. The molecule has 4 aromatic rings. The lowest BCUT2D eigenvalue weighted by molar-refractivity contribution is -0.140. The predicted octanol–water partition coefficient (Wildman–Crippen LogP) is 6.34. The van der Waals surface area contributed by atoms with Gasteiger partial charge < -0.3 is 5.32 Å². The van der Waals surface area contributed by atoms with E-state index in [0.717, 1.165) is 35.9 Å². The van der Waals surface area contributed by atoms with Crippen LogP contribution in [0.1, 0.15) is 50.8 Å². The van der Waals surface area contributed by atoms with Crippen molar-refractivity contribution >= 4 is 17.2 Å². The van der Waals surface area contributed by atoms with Gasteiger partial charge in [0.15, 0.2) is 11.3 Å². The van der Waals surface area contributed by atoms with Gasteiger partial charge in [0, 0.05) is 28.4 Å². The van der Waals surface area contributed by atoms with Crippen LogP contribution in [0.3, 0.4) is 0 Å². The van der Waals surface area contributed by atoms with Crippen LogP contribution in [0.15, 0.2) is 54.9 Å². The number of fused-ring (bicyclic) bond motifs is 1. The highest BCUT2D eigenvalue weighted by Gasteiger charge is 2.36. The number of hydrogen-bond acceptors (Lipinski definition) is 4. The lowest BCUT2D eigenvalue weighted by Gasteiger charge is -2.20. The molecule has 5 rings (SSSR count). The summed E-state index contributed by atoms with van der Waals surface area (Å²) in [6.07, 6.45) is 0.371. The fourth-order valence-electron chi connectivity index (χ4n) is 3.89. The largest absolute Gasteiger partial charge is 0.434 e. The molecular weight excluding hydrogens is 455 g/mol. The van der Waals surface area contributed by atoms with E-state index in [1.165, 1.54) is 22.7 Å². The van der Waals surface area contributed by atoms with Crippen LogP contribution < -0.4 is 5.32 Å². The Morgan fingerprint density at radius 1 is 1.06 bits per heavy atom. The van der Waals surface area contributed by atoms with Crippen LogP contribution in [0.5, 0.6) is 0 Å². The molecule has 1 aliphatic carbocycles. The number of nitrogens with one attached hydrogen (secondary N) is 1. The minimum atomic E-state index is -4.59. The highest BCUT2D eigenvalue weighted by Crippen LogP contribution is 2.44. The van der Waals surface area contributed by atoms with E-state index in [4.69, 9.17) is 0 Å². The zero-order valence-corrected chi connectivity index (χ0v) is 19.5. The first kappa shape index (κ1) is 23.0. The quantitative estimate of drug-likeness (QED) is 0.371. The molecule has 0 unspecified atom stereocenters. The van der Waals surface area contributed by atoms with Gasteiger partial charge in [-0.05, 0) is 54.7 Å². The van der Waals surface area contributed by atoms with Crippen molar-refractivity contribution in [3.8, 4) is 22.5 Å². The Labute approximate surface area is 200 Å². The molecule has 1 N–H and O–H groups in total. The normalized spacial score (nSPS) is 14.3. The molecule has 0 atom stereocenters. The Morgan fingerprint density at radius 3 is 2.51 bits per heavy atom. The second kappa shape index (κ2) is 8.18. The van der Waals surface area contributed by atoms with Crippen molar-refractivity contribution in [1.29, 1.82) is 0 Å². The van der Waals surface area contributed by atoms with Gasteiger partial charge in [0.05, 0.1) is 17.6 Å². The lowest BCUT2D eigenvalue weighted by atomic mass is 9.95. The van der Waals surface area contributed by atoms with E-state index < -0.39 is 17.3 Å². The Balaban J connectivity index is 1.53. The lowest BCUT2D eigenvalue weighted by Crippen LogP contribution is -2.28. The molecule has 0 bridgehead atoms. The highest BCUT2D eigenvalue weighted by atomic mass is 19.4. The minimum Gasteiger partial charge on any atom is -0.325 e. The summed E-state index contributed by atoms with van der Waals surface area (Å²) in [5.41, 5.74) is 2.26. The third kappa shape index (κ3) is 4.62. The number of benzene rings is 1. The number of hydrogen-bond donors (Lipinski definition) is 1. The summed E-state index contributed by atoms with van der Waals surface area (Å²) in [7, 11) is 0. The van der Waals surface area contributed by atoms with Gasteiger partial charge in [-0.1, -0.05) is 32.9 Å². The standard InChI is InChI=1S/C26H24F3N5O/c1-25(2,3)24(35)32-20-13-16(8-9-17(20)15-6-7-15)21-14-34-22(31-21)11-10-19(33-34)18-5-4-12-30-23(18)26(27,28)29/h4-5,8-15H,6-7H2,1-3H3,(H,32,35). The Kier molecular flexibility index (Phi) is 5.38. The third-order valence-corrected chi connectivity index (χ3v) is 5.97. The van der Waals surface area contributed by atoms with E-state index in [1.54, 1.807) is 12.3 Å². The van der Waals surface area contributed by atoms with Gasteiger partial charge >= 0.3 is 6.18 Å². The van der Waals surface area contributed by atoms with Crippen molar-refractivity contribution in [2.24, 2.45) is 5.41 Å². The summed E-state index contributed by atoms with van der Waals surface area (Å²) >= 11 is 0. The molecule has 1 aromatic carbocycles. The molecule has 0 spiro atoms. The predicted molar refractivity (Wildman–Crippen MR) is 127 cm³/mol. The smallest absolute Gasteiger partial charge is 0.325 e. The zero-order chi connectivity index (χ0) is 25.0. The molecule has 3 aromatic heterocycles. The number of imidazole rings is 1. The fraction of sp³-hybridized carbons (Fsp3) is 0.308. The number of amides is 1. The van der Waals surface area contributed by atoms with Crippen molar-refractivity contribution < 1.29 is 18.0 Å². The van der Waals surface area contributed by atoms with E-state index in [9.17, 15) is 18.0 Å². The maximum atomic E-state index is 13.4. The number of carbonyl (C=O) groups is 1. The van der Waals surface area contributed by atoms with Gasteiger partial charge in [-0.2, -0.15) is 18.3 Å².